The molecule has 0 aliphatic carbocycles. The predicted octanol–water partition coefficient (Wildman–Crippen LogP) is 3.59. The van der Waals surface area contributed by atoms with Gasteiger partial charge in [0.2, 0.25) is 5.91 Å². The van der Waals surface area contributed by atoms with Crippen LogP contribution in [-0.4, -0.2) is 39.2 Å². The summed E-state index contributed by atoms with van der Waals surface area (Å²) >= 11 is 0. The van der Waals surface area contributed by atoms with Crippen molar-refractivity contribution >= 4 is 5.91 Å². The van der Waals surface area contributed by atoms with E-state index in [4.69, 9.17) is 0 Å². The Kier molecular flexibility index (Phi) is 6.94. The summed E-state index contributed by atoms with van der Waals surface area (Å²) in [6, 6.07) is 15.2. The average Bonchev–Trinajstić information content (AvgIpc) is 3.03. The summed E-state index contributed by atoms with van der Waals surface area (Å²) in [7, 11) is 0. The number of hydrogen-bond acceptors (Lipinski definition) is 4. The lowest BCUT2D eigenvalue weighted by Crippen LogP contribution is -2.49. The smallest absolute Gasteiger partial charge is 0.244 e. The van der Waals surface area contributed by atoms with Crippen molar-refractivity contribution in [1.29, 1.82) is 0 Å². The van der Waals surface area contributed by atoms with Gasteiger partial charge in [0.1, 0.15) is 6.04 Å². The number of amides is 1. The van der Waals surface area contributed by atoms with Crippen molar-refractivity contribution in [3.8, 4) is 0 Å². The zero-order chi connectivity index (χ0) is 21.9. The first kappa shape index (κ1) is 22.4. The summed E-state index contributed by atoms with van der Waals surface area (Å²) < 4.78 is 0. The number of hydrogen-bond donors (Lipinski definition) is 2. The second-order valence-corrected chi connectivity index (χ2v) is 9.50. The van der Waals surface area contributed by atoms with E-state index in [-0.39, 0.29) is 23.4 Å². The molecule has 30 heavy (non-hydrogen) atoms. The Hall–Kier alpha value is -2.24. The van der Waals surface area contributed by atoms with Gasteiger partial charge in [-0.25, -0.2) is 0 Å². The van der Waals surface area contributed by atoms with E-state index >= 15 is 0 Å². The van der Waals surface area contributed by atoms with E-state index in [0.29, 0.717) is 13.0 Å². The molecule has 1 aliphatic rings. The third kappa shape index (κ3) is 5.08. The molecule has 1 aromatic heterocycles. The summed E-state index contributed by atoms with van der Waals surface area (Å²) in [5, 5.41) is 14.8. The molecular formula is C25H34N3O2. The third-order valence-electron chi connectivity index (χ3n) is 5.80. The first-order chi connectivity index (χ1) is 14.2. The van der Waals surface area contributed by atoms with Crippen LogP contribution in [0.4, 0.5) is 0 Å². The quantitative estimate of drug-likeness (QED) is 0.735. The molecule has 1 aromatic carbocycles. The van der Waals surface area contributed by atoms with Crippen molar-refractivity contribution in [3.05, 3.63) is 71.9 Å². The highest BCUT2D eigenvalue weighted by Gasteiger charge is 2.47. The number of carbonyl (C=O) groups is 1. The standard InChI is InChI=1S/C25H34N3O2/c1-17(2)23-27-21(24(30)28(23)16-19-13-9-10-14-26-19)22(29)20(25(3,4)5)15-18-11-7-6-8-12-18/h6-14,17,21-23,27,29H,15-16H2,1-5H3/t21-,22+,23?/m0/s1. The summed E-state index contributed by atoms with van der Waals surface area (Å²) in [6.45, 7) is 10.9. The van der Waals surface area contributed by atoms with E-state index in [0.717, 1.165) is 17.2 Å². The minimum Gasteiger partial charge on any atom is -0.390 e. The van der Waals surface area contributed by atoms with Gasteiger partial charge in [-0.2, -0.15) is 0 Å². The molecule has 0 saturated carbocycles. The highest BCUT2D eigenvalue weighted by molar-refractivity contribution is 5.85. The lowest BCUT2D eigenvalue weighted by molar-refractivity contribution is -0.133. The highest BCUT2D eigenvalue weighted by Crippen LogP contribution is 2.37. The van der Waals surface area contributed by atoms with Gasteiger partial charge in [-0.15, -0.1) is 0 Å². The summed E-state index contributed by atoms with van der Waals surface area (Å²) in [6.07, 6.45) is 1.37. The number of rotatable bonds is 7. The van der Waals surface area contributed by atoms with E-state index in [1.807, 2.05) is 41.3 Å². The van der Waals surface area contributed by atoms with Crippen LogP contribution in [0.3, 0.4) is 0 Å². The lowest BCUT2D eigenvalue weighted by Gasteiger charge is -2.36. The van der Waals surface area contributed by atoms with Crippen LogP contribution in [0.15, 0.2) is 54.7 Å². The molecule has 2 heterocycles. The number of nitrogens with zero attached hydrogens (tertiary/aromatic N) is 2. The summed E-state index contributed by atoms with van der Waals surface area (Å²) in [5.74, 6) is 1.10. The minimum absolute atomic E-state index is 0.0679. The molecule has 161 valence electrons. The predicted molar refractivity (Wildman–Crippen MR) is 119 cm³/mol. The van der Waals surface area contributed by atoms with Gasteiger partial charge in [0, 0.05) is 12.1 Å². The van der Waals surface area contributed by atoms with E-state index in [1.54, 1.807) is 6.20 Å². The Morgan fingerprint density at radius 2 is 1.80 bits per heavy atom. The molecule has 1 unspecified atom stereocenters. The first-order valence-corrected chi connectivity index (χ1v) is 10.7. The van der Waals surface area contributed by atoms with Crippen molar-refractivity contribution in [3.63, 3.8) is 0 Å². The van der Waals surface area contributed by atoms with Crippen LogP contribution in [0.5, 0.6) is 0 Å². The number of aliphatic hydroxyl groups is 1. The van der Waals surface area contributed by atoms with Crippen LogP contribution in [0.2, 0.25) is 0 Å². The number of pyridine rings is 1. The maximum Gasteiger partial charge on any atom is 0.244 e. The zero-order valence-electron chi connectivity index (χ0n) is 18.7. The Morgan fingerprint density at radius 1 is 1.13 bits per heavy atom. The Labute approximate surface area is 180 Å². The molecule has 1 amide bonds. The molecule has 1 saturated heterocycles. The molecule has 3 atom stereocenters. The molecule has 5 nitrogen and oxygen atoms in total. The van der Waals surface area contributed by atoms with Crippen LogP contribution in [0.1, 0.15) is 45.9 Å². The van der Waals surface area contributed by atoms with Crippen LogP contribution >= 0.6 is 0 Å². The normalized spacial score (nSPS) is 20.9. The average molecular weight is 409 g/mol. The fourth-order valence-corrected chi connectivity index (χ4v) is 4.11. The molecule has 2 N–H and O–H groups in total. The molecular weight excluding hydrogens is 374 g/mol. The number of carbonyl (C=O) groups excluding carboxylic acids is 1. The molecule has 3 rings (SSSR count). The van der Waals surface area contributed by atoms with Crippen LogP contribution in [0, 0.1) is 17.3 Å². The zero-order valence-corrected chi connectivity index (χ0v) is 18.7. The van der Waals surface area contributed by atoms with Crippen molar-refractivity contribution < 1.29 is 9.90 Å². The number of aromatic nitrogens is 1. The summed E-state index contributed by atoms with van der Waals surface area (Å²) in [4.78, 5) is 19.6. The maximum atomic E-state index is 13.4. The minimum atomic E-state index is -0.868. The number of nitrogens with one attached hydrogen (secondary N) is 1. The van der Waals surface area contributed by atoms with Crippen LogP contribution in [-0.2, 0) is 17.8 Å². The van der Waals surface area contributed by atoms with Gasteiger partial charge >= 0.3 is 0 Å². The van der Waals surface area contributed by atoms with Gasteiger partial charge in [0.05, 0.1) is 24.5 Å². The van der Waals surface area contributed by atoms with Gasteiger partial charge < -0.3 is 10.0 Å². The third-order valence-corrected chi connectivity index (χ3v) is 5.80. The van der Waals surface area contributed by atoms with E-state index in [1.165, 1.54) is 0 Å². The second-order valence-electron chi connectivity index (χ2n) is 9.50. The molecule has 1 radical (unpaired) electrons. The summed E-state index contributed by atoms with van der Waals surface area (Å²) in [5.41, 5.74) is 1.74. The van der Waals surface area contributed by atoms with E-state index in [9.17, 15) is 9.90 Å². The van der Waals surface area contributed by atoms with E-state index in [2.05, 4.69) is 57.1 Å². The number of aliphatic hydroxyl groups excluding tert-OH is 1. The Bertz CT molecular complexity index is 817. The van der Waals surface area contributed by atoms with Gasteiger partial charge in [-0.3, -0.25) is 15.1 Å². The van der Waals surface area contributed by atoms with Crippen molar-refractivity contribution in [2.45, 2.75) is 65.9 Å². The van der Waals surface area contributed by atoms with Gasteiger partial charge in [-0.1, -0.05) is 71.0 Å². The van der Waals surface area contributed by atoms with Crippen molar-refractivity contribution in [1.82, 2.24) is 15.2 Å². The monoisotopic (exact) mass is 408 g/mol. The second kappa shape index (κ2) is 9.27. The van der Waals surface area contributed by atoms with Crippen molar-refractivity contribution in [2.24, 2.45) is 11.3 Å². The topological polar surface area (TPSA) is 65.5 Å². The molecule has 0 spiro atoms. The maximum absolute atomic E-state index is 13.4. The van der Waals surface area contributed by atoms with Gasteiger partial charge in [0.25, 0.3) is 0 Å². The fraction of sp³-hybridized carbons (Fsp3) is 0.480. The molecule has 2 aromatic rings. The largest absolute Gasteiger partial charge is 0.390 e. The van der Waals surface area contributed by atoms with Crippen molar-refractivity contribution in [2.75, 3.05) is 0 Å². The molecule has 5 heteroatoms. The molecule has 1 fully saturated rings. The Morgan fingerprint density at radius 3 is 2.37 bits per heavy atom. The van der Waals surface area contributed by atoms with Gasteiger partial charge in [-0.05, 0) is 35.4 Å². The lowest BCUT2D eigenvalue weighted by atomic mass is 9.72. The Balaban J connectivity index is 1.84. The van der Waals surface area contributed by atoms with Crippen LogP contribution in [0.25, 0.3) is 0 Å². The first-order valence-electron chi connectivity index (χ1n) is 10.7. The fourth-order valence-electron chi connectivity index (χ4n) is 4.11. The van der Waals surface area contributed by atoms with E-state index < -0.39 is 12.1 Å². The molecule has 1 aliphatic heterocycles. The molecule has 0 bridgehead atoms. The SMILES string of the molecule is CC(C)C1N[C@@H]([C@H](O)[C](Cc2ccccc2)C(C)(C)C)C(=O)N1Cc1ccccn1. The number of benzene rings is 1. The van der Waals surface area contributed by atoms with Gasteiger partial charge in [0.15, 0.2) is 0 Å². The highest BCUT2D eigenvalue weighted by atomic mass is 16.3. The van der Waals surface area contributed by atoms with Crippen LogP contribution < -0.4 is 5.32 Å².